The Labute approximate surface area is 343 Å². The van der Waals surface area contributed by atoms with Crippen LogP contribution in [0.25, 0.3) is 11.2 Å². The number of hydrogen-bond acceptors (Lipinski definition) is 17. The predicted molar refractivity (Wildman–Crippen MR) is 214 cm³/mol. The Morgan fingerprint density at radius 3 is 2.35 bits per heavy atom. The average molecular weight is 820 g/mol. The van der Waals surface area contributed by atoms with Gasteiger partial charge in [0.05, 0.1) is 37.2 Å². The third-order valence-electron chi connectivity index (χ3n) is 11.5. The summed E-state index contributed by atoms with van der Waals surface area (Å²) in [5.41, 5.74) is 7.32. The van der Waals surface area contributed by atoms with E-state index < -0.39 is 35.9 Å². The van der Waals surface area contributed by atoms with Crippen molar-refractivity contribution in [1.82, 2.24) is 50.4 Å². The van der Waals surface area contributed by atoms with Crippen LogP contribution in [-0.4, -0.2) is 130 Å². The van der Waals surface area contributed by atoms with Gasteiger partial charge in [0.2, 0.25) is 17.5 Å². The van der Waals surface area contributed by atoms with E-state index in [4.69, 9.17) is 30.2 Å². The van der Waals surface area contributed by atoms with E-state index in [-0.39, 0.29) is 41.3 Å². The molecule has 7 heterocycles. The smallest absolute Gasteiger partial charge is 0.250 e. The fourth-order valence-electron chi connectivity index (χ4n) is 8.22. The van der Waals surface area contributed by atoms with Gasteiger partial charge in [-0.2, -0.15) is 9.78 Å². The van der Waals surface area contributed by atoms with Crippen LogP contribution in [0.1, 0.15) is 70.1 Å². The maximum absolute atomic E-state index is 12.5. The van der Waals surface area contributed by atoms with E-state index in [1.54, 1.807) is 60.8 Å². The molecule has 3 fully saturated rings. The number of hydrogen-bond donors (Lipinski definition) is 7. The molecule has 60 heavy (non-hydrogen) atoms. The van der Waals surface area contributed by atoms with Crippen LogP contribution in [0.4, 0.5) is 11.8 Å². The zero-order valence-electron chi connectivity index (χ0n) is 32.7. The molecule has 3 aliphatic rings. The zero-order chi connectivity index (χ0) is 41.5. The molecule has 0 spiro atoms. The number of aromatic nitrogens is 9. The number of carbonyl (C=O) groups is 1. The summed E-state index contributed by atoms with van der Waals surface area (Å²) in [5, 5.41) is 59.6. The highest BCUT2D eigenvalue weighted by atomic mass is 16.6. The van der Waals surface area contributed by atoms with Gasteiger partial charge >= 0.3 is 0 Å². The summed E-state index contributed by atoms with van der Waals surface area (Å²) in [6, 6.07) is 17.0. The molecule has 0 unspecified atom stereocenters. The van der Waals surface area contributed by atoms with Crippen LogP contribution in [0.2, 0.25) is 0 Å². The number of carbonyl (C=O) groups excluding carboxylic acids is 1. The van der Waals surface area contributed by atoms with E-state index in [2.05, 4.69) is 35.6 Å². The van der Waals surface area contributed by atoms with Crippen molar-refractivity contribution in [1.29, 1.82) is 0 Å². The first-order valence-corrected chi connectivity index (χ1v) is 19.9. The first kappa shape index (κ1) is 39.2. The van der Waals surface area contributed by atoms with E-state index in [9.17, 15) is 25.2 Å². The van der Waals surface area contributed by atoms with Crippen molar-refractivity contribution in [3.05, 3.63) is 101 Å². The first-order valence-electron chi connectivity index (χ1n) is 19.9. The topological polar surface area (TPSA) is 272 Å². The number of benzene rings is 2. The lowest BCUT2D eigenvalue weighted by molar-refractivity contribution is -0.120. The summed E-state index contributed by atoms with van der Waals surface area (Å²) in [4.78, 5) is 40.5. The van der Waals surface area contributed by atoms with Crippen molar-refractivity contribution in [2.24, 2.45) is 5.73 Å². The number of nitrogens with two attached hydrogens (primary N) is 1. The minimum absolute atomic E-state index is 0.0759. The number of imidazole rings is 1. The molecule has 4 aromatic heterocycles. The van der Waals surface area contributed by atoms with Crippen LogP contribution in [0.15, 0.2) is 66.9 Å². The van der Waals surface area contributed by atoms with Crippen molar-refractivity contribution in [3.8, 4) is 11.5 Å². The van der Waals surface area contributed by atoms with Gasteiger partial charge in [-0.3, -0.25) is 10.1 Å². The van der Waals surface area contributed by atoms with Crippen molar-refractivity contribution in [3.63, 3.8) is 0 Å². The Bertz CT molecular complexity index is 2430. The molecule has 2 aromatic carbocycles. The predicted octanol–water partition coefficient (Wildman–Crippen LogP) is 1.16. The largest absolute Gasteiger partial charge is 0.508 e. The van der Waals surface area contributed by atoms with Gasteiger partial charge in [0.15, 0.2) is 17.6 Å². The highest BCUT2D eigenvalue weighted by Crippen LogP contribution is 2.44. The van der Waals surface area contributed by atoms with Crippen molar-refractivity contribution < 1.29 is 34.7 Å². The van der Waals surface area contributed by atoms with Crippen LogP contribution < -0.4 is 20.9 Å². The Hall–Kier alpha value is -6.32. The summed E-state index contributed by atoms with van der Waals surface area (Å²) in [6.45, 7) is 6.05. The minimum atomic E-state index is -1.87. The Balaban J connectivity index is 1.04. The molecular weight excluding hydrogens is 775 g/mol. The summed E-state index contributed by atoms with van der Waals surface area (Å²) < 4.78 is 12.1. The van der Waals surface area contributed by atoms with E-state index >= 15 is 0 Å². The van der Waals surface area contributed by atoms with Crippen molar-refractivity contribution in [2.75, 3.05) is 55.7 Å². The number of nitrogens with one attached hydrogen (secondary N) is 2. The highest BCUT2D eigenvalue weighted by Gasteiger charge is 2.59. The molecular formula is C40H45N13O7. The van der Waals surface area contributed by atoms with Gasteiger partial charge in [-0.05, 0) is 66.1 Å². The van der Waals surface area contributed by atoms with Crippen LogP contribution in [0.5, 0.6) is 11.5 Å². The molecule has 3 aliphatic heterocycles. The van der Waals surface area contributed by atoms with Gasteiger partial charge in [0.25, 0.3) is 5.91 Å². The standard InChI is InChI=1S/C40H45N13O7/c1-2-53-49-37(48-50-53)33-32(56)34(57)40(60-33,43-19-28(22-3-7-25(54)8-4-22)23-5-9-26(55)10-6-23)38-44-29-20-42-39(47-36(29)46-38)52-14-13-24(21-52)31-27(35(41)58)11-12-30(45-31)51-15-17-59-18-16-51/h3-12,20,24,28,32-34,43,54-57H,2,13-19,21H2,1H3,(H2,41,58)(H,42,44,46,47)/t24-,32-,33+,34-,40+/m1/s1. The summed E-state index contributed by atoms with van der Waals surface area (Å²) in [7, 11) is 0. The monoisotopic (exact) mass is 819 g/mol. The van der Waals surface area contributed by atoms with Gasteiger partial charge < -0.3 is 50.4 Å². The Kier molecular flexibility index (Phi) is 10.5. The molecule has 8 N–H and O–H groups in total. The van der Waals surface area contributed by atoms with Gasteiger partial charge in [0, 0.05) is 44.6 Å². The molecule has 0 bridgehead atoms. The number of ether oxygens (including phenoxy) is 2. The van der Waals surface area contributed by atoms with Crippen LogP contribution >= 0.6 is 0 Å². The van der Waals surface area contributed by atoms with Crippen LogP contribution in [0.3, 0.4) is 0 Å². The number of phenols is 2. The lowest BCUT2D eigenvalue weighted by Gasteiger charge is -2.33. The first-order chi connectivity index (χ1) is 29.1. The van der Waals surface area contributed by atoms with Crippen molar-refractivity contribution >= 4 is 28.8 Å². The number of aromatic amines is 1. The molecule has 9 rings (SSSR count). The number of pyridine rings is 1. The van der Waals surface area contributed by atoms with E-state index in [0.29, 0.717) is 75.1 Å². The number of rotatable bonds is 12. The number of primary amides is 1. The fourth-order valence-corrected chi connectivity index (χ4v) is 8.22. The molecule has 20 heteroatoms. The normalized spacial score (nSPS) is 23.3. The maximum atomic E-state index is 12.5. The lowest BCUT2D eigenvalue weighted by Crippen LogP contribution is -2.53. The number of anilines is 2. The number of tetrazole rings is 1. The summed E-state index contributed by atoms with van der Waals surface area (Å²) in [6.07, 6.45) is -2.04. The number of H-pyrrole nitrogens is 1. The van der Waals surface area contributed by atoms with E-state index in [1.165, 1.54) is 4.80 Å². The second kappa shape index (κ2) is 16.0. The molecule has 5 atom stereocenters. The molecule has 3 saturated heterocycles. The van der Waals surface area contributed by atoms with Gasteiger partial charge in [0.1, 0.15) is 35.0 Å². The van der Waals surface area contributed by atoms with Gasteiger partial charge in [-0.25, -0.2) is 15.0 Å². The molecule has 0 aliphatic carbocycles. The fraction of sp³-hybridized carbons (Fsp3) is 0.400. The molecule has 6 aromatic rings. The van der Waals surface area contributed by atoms with Gasteiger partial charge in [-0.15, -0.1) is 10.2 Å². The molecule has 0 radical (unpaired) electrons. The Morgan fingerprint density at radius 1 is 0.967 bits per heavy atom. The Morgan fingerprint density at radius 2 is 1.68 bits per heavy atom. The van der Waals surface area contributed by atoms with Gasteiger partial charge in [-0.1, -0.05) is 24.3 Å². The number of morpholine rings is 1. The number of aliphatic hydroxyl groups is 2. The minimum Gasteiger partial charge on any atom is -0.508 e. The third kappa shape index (κ3) is 7.32. The van der Waals surface area contributed by atoms with E-state index in [1.807, 2.05) is 17.9 Å². The summed E-state index contributed by atoms with van der Waals surface area (Å²) >= 11 is 0. The number of phenolic OH excluding ortho intramolecular Hbond substituents is 2. The number of aryl methyl sites for hydroxylation is 1. The third-order valence-corrected chi connectivity index (χ3v) is 11.5. The zero-order valence-corrected chi connectivity index (χ0v) is 32.7. The number of nitrogens with zero attached hydrogens (tertiary/aromatic N) is 10. The molecule has 0 saturated carbocycles. The molecule has 1 amide bonds. The maximum Gasteiger partial charge on any atom is 0.250 e. The summed E-state index contributed by atoms with van der Waals surface area (Å²) in [5.74, 6) is 0.500. The SMILES string of the molecule is CCn1nnc([C@H]2O[C@](NCC(c3ccc(O)cc3)c3ccc(O)cc3)(c3nc4nc(N5CC[C@@H](c6nc(N7CCOCC7)ccc6C(N)=O)C5)ncc4[nH]3)[C@H](O)[C@@H]2O)n1. The van der Waals surface area contributed by atoms with Crippen molar-refractivity contribution in [2.45, 2.75) is 55.8 Å². The van der Waals surface area contributed by atoms with E-state index in [0.717, 1.165) is 16.9 Å². The number of amides is 1. The number of aliphatic hydroxyl groups excluding tert-OH is 2. The lowest BCUT2D eigenvalue weighted by atomic mass is 9.90. The quantitative estimate of drug-likeness (QED) is 0.0913. The molecule has 312 valence electrons. The second-order valence-electron chi connectivity index (χ2n) is 15.2. The van der Waals surface area contributed by atoms with Crippen LogP contribution in [-0.2, 0) is 21.7 Å². The highest BCUT2D eigenvalue weighted by molar-refractivity contribution is 5.94. The number of aromatic hydroxyl groups is 2. The molecule has 20 nitrogen and oxygen atoms in total. The van der Waals surface area contributed by atoms with Crippen LogP contribution in [0, 0.1) is 0 Å². The second-order valence-corrected chi connectivity index (χ2v) is 15.2. The average Bonchev–Trinajstić information content (AvgIpc) is 4.09. The number of fused-ring (bicyclic) bond motifs is 1.